The molecule has 0 radical (unpaired) electrons. The Morgan fingerprint density at radius 2 is 1.95 bits per heavy atom. The van der Waals surface area contributed by atoms with Gasteiger partial charge in [0.15, 0.2) is 5.78 Å². The molecule has 0 saturated heterocycles. The number of hydrogen-bond donors (Lipinski definition) is 2. The van der Waals surface area contributed by atoms with E-state index in [4.69, 9.17) is 4.74 Å². The zero-order chi connectivity index (χ0) is 15.2. The number of Topliss-reactive ketones (excluding diaryl/α,β-unsaturated/α-hetero) is 1. The largest absolute Gasteiger partial charge is 0.490 e. The van der Waals surface area contributed by atoms with E-state index in [9.17, 15) is 4.79 Å². The molecule has 120 valence electrons. The molecule has 1 aliphatic carbocycles. The van der Waals surface area contributed by atoms with Crippen molar-refractivity contribution in [2.45, 2.75) is 51.0 Å². The van der Waals surface area contributed by atoms with Crippen molar-refractivity contribution >= 4 is 11.5 Å². The maximum atomic E-state index is 12.4. The third kappa shape index (κ3) is 4.01. The molecule has 0 bridgehead atoms. The monoisotopic (exact) mass is 302 g/mol. The van der Waals surface area contributed by atoms with Crippen molar-refractivity contribution in [1.82, 2.24) is 5.32 Å². The average molecular weight is 302 g/mol. The van der Waals surface area contributed by atoms with Crippen LogP contribution < -0.4 is 15.4 Å². The fourth-order valence-electron chi connectivity index (χ4n) is 3.31. The normalized spacial score (nSPS) is 19.3. The minimum absolute atomic E-state index is 0.164. The van der Waals surface area contributed by atoms with Gasteiger partial charge in [-0.25, -0.2) is 0 Å². The number of hydrogen-bond acceptors (Lipinski definition) is 4. The molecule has 2 N–H and O–H groups in total. The van der Waals surface area contributed by atoms with Crippen LogP contribution in [0.2, 0.25) is 0 Å². The van der Waals surface area contributed by atoms with Crippen LogP contribution in [0.15, 0.2) is 18.2 Å². The standard InChI is InChI=1S/C18H26N2O2/c21-17(13-20-15-6-4-2-1-3-5-7-15)14-8-9-18-16(12-14)19-10-11-22-18/h8-9,12,15,19-20H,1-7,10-11,13H2. The summed E-state index contributed by atoms with van der Waals surface area (Å²) < 4.78 is 5.55. The molecule has 1 aromatic carbocycles. The fourth-order valence-corrected chi connectivity index (χ4v) is 3.31. The molecule has 1 fully saturated rings. The number of anilines is 1. The van der Waals surface area contributed by atoms with Crippen LogP contribution in [-0.4, -0.2) is 31.5 Å². The highest BCUT2D eigenvalue weighted by atomic mass is 16.5. The Labute approximate surface area is 132 Å². The molecule has 1 aliphatic heterocycles. The number of benzene rings is 1. The van der Waals surface area contributed by atoms with Gasteiger partial charge in [-0.3, -0.25) is 4.79 Å². The second-order valence-corrected chi connectivity index (χ2v) is 6.33. The van der Waals surface area contributed by atoms with Crippen LogP contribution in [0.4, 0.5) is 5.69 Å². The number of carbonyl (C=O) groups is 1. The van der Waals surface area contributed by atoms with Crippen LogP contribution in [0.5, 0.6) is 5.75 Å². The molecule has 4 heteroatoms. The number of ether oxygens (including phenoxy) is 1. The molecule has 22 heavy (non-hydrogen) atoms. The van der Waals surface area contributed by atoms with Crippen LogP contribution in [0, 0.1) is 0 Å². The molecule has 0 atom stereocenters. The molecule has 1 aromatic rings. The van der Waals surface area contributed by atoms with E-state index in [1.165, 1.54) is 44.9 Å². The quantitative estimate of drug-likeness (QED) is 0.837. The summed E-state index contributed by atoms with van der Waals surface area (Å²) >= 11 is 0. The van der Waals surface area contributed by atoms with Gasteiger partial charge in [-0.05, 0) is 31.0 Å². The lowest BCUT2D eigenvalue weighted by atomic mass is 9.96. The van der Waals surface area contributed by atoms with Gasteiger partial charge in [-0.1, -0.05) is 32.1 Å². The molecule has 0 aromatic heterocycles. The minimum atomic E-state index is 0.164. The summed E-state index contributed by atoms with van der Waals surface area (Å²) in [4.78, 5) is 12.4. The Morgan fingerprint density at radius 1 is 1.18 bits per heavy atom. The molecule has 0 amide bonds. The van der Waals surface area contributed by atoms with Gasteiger partial charge >= 0.3 is 0 Å². The zero-order valence-corrected chi connectivity index (χ0v) is 13.2. The van der Waals surface area contributed by atoms with Crippen LogP contribution in [0.1, 0.15) is 55.3 Å². The second kappa shape index (κ2) is 7.63. The van der Waals surface area contributed by atoms with Gasteiger partial charge in [0.2, 0.25) is 0 Å². The highest BCUT2D eigenvalue weighted by Gasteiger charge is 2.15. The highest BCUT2D eigenvalue weighted by Crippen LogP contribution is 2.28. The summed E-state index contributed by atoms with van der Waals surface area (Å²) in [7, 11) is 0. The maximum absolute atomic E-state index is 12.4. The van der Waals surface area contributed by atoms with Gasteiger partial charge in [0, 0.05) is 18.2 Å². The average Bonchev–Trinajstić information content (AvgIpc) is 2.53. The van der Waals surface area contributed by atoms with E-state index in [1.54, 1.807) is 0 Å². The van der Waals surface area contributed by atoms with E-state index in [2.05, 4.69) is 10.6 Å². The van der Waals surface area contributed by atoms with Crippen molar-refractivity contribution in [3.05, 3.63) is 23.8 Å². The second-order valence-electron chi connectivity index (χ2n) is 6.33. The van der Waals surface area contributed by atoms with Gasteiger partial charge in [0.25, 0.3) is 0 Å². The lowest BCUT2D eigenvalue weighted by Crippen LogP contribution is -2.34. The summed E-state index contributed by atoms with van der Waals surface area (Å²) in [5.41, 5.74) is 1.69. The predicted octanol–water partition coefficient (Wildman–Crippen LogP) is 3.38. The van der Waals surface area contributed by atoms with Crippen molar-refractivity contribution in [3.63, 3.8) is 0 Å². The summed E-state index contributed by atoms with van der Waals surface area (Å²) in [5, 5.41) is 6.75. The first-order valence-corrected chi connectivity index (χ1v) is 8.60. The van der Waals surface area contributed by atoms with Crippen LogP contribution in [0.3, 0.4) is 0 Å². The minimum Gasteiger partial charge on any atom is -0.490 e. The summed E-state index contributed by atoms with van der Waals surface area (Å²) in [6, 6.07) is 6.18. The van der Waals surface area contributed by atoms with Crippen molar-refractivity contribution < 1.29 is 9.53 Å². The molecule has 0 unspecified atom stereocenters. The predicted molar refractivity (Wildman–Crippen MR) is 88.9 cm³/mol. The van der Waals surface area contributed by atoms with Crippen molar-refractivity contribution in [1.29, 1.82) is 0 Å². The maximum Gasteiger partial charge on any atom is 0.176 e. The number of ketones is 1. The van der Waals surface area contributed by atoms with Crippen LogP contribution >= 0.6 is 0 Å². The van der Waals surface area contributed by atoms with Gasteiger partial charge < -0.3 is 15.4 Å². The lowest BCUT2D eigenvalue weighted by molar-refractivity contribution is 0.0985. The van der Waals surface area contributed by atoms with E-state index >= 15 is 0 Å². The Hall–Kier alpha value is -1.55. The van der Waals surface area contributed by atoms with Gasteiger partial charge in [0.1, 0.15) is 12.4 Å². The smallest absolute Gasteiger partial charge is 0.176 e. The highest BCUT2D eigenvalue weighted by molar-refractivity contribution is 5.98. The van der Waals surface area contributed by atoms with Crippen LogP contribution in [0.25, 0.3) is 0 Å². The molecule has 2 aliphatic rings. The van der Waals surface area contributed by atoms with Crippen molar-refractivity contribution in [3.8, 4) is 5.75 Å². The summed E-state index contributed by atoms with van der Waals surface area (Å²) in [6.45, 7) is 1.92. The van der Waals surface area contributed by atoms with E-state index in [0.29, 0.717) is 19.2 Å². The topological polar surface area (TPSA) is 50.4 Å². The summed E-state index contributed by atoms with van der Waals surface area (Å²) in [6.07, 6.45) is 9.01. The molecule has 4 nitrogen and oxygen atoms in total. The number of carbonyl (C=O) groups excluding carboxylic acids is 1. The third-order valence-corrected chi connectivity index (χ3v) is 4.63. The number of fused-ring (bicyclic) bond motifs is 1. The summed E-state index contributed by atoms with van der Waals surface area (Å²) in [5.74, 6) is 1.01. The van der Waals surface area contributed by atoms with E-state index in [0.717, 1.165) is 23.5 Å². The number of nitrogens with one attached hydrogen (secondary N) is 2. The molecule has 3 rings (SSSR count). The Morgan fingerprint density at radius 3 is 2.77 bits per heavy atom. The lowest BCUT2D eigenvalue weighted by Gasteiger charge is -2.21. The first-order valence-electron chi connectivity index (χ1n) is 8.60. The SMILES string of the molecule is O=C(CNC1CCCCCCC1)c1ccc2c(c1)NCCO2. The van der Waals surface area contributed by atoms with Crippen molar-refractivity contribution in [2.75, 3.05) is 25.0 Å². The Kier molecular flexibility index (Phi) is 5.33. The first-order chi connectivity index (χ1) is 10.8. The molecular formula is C18H26N2O2. The van der Waals surface area contributed by atoms with E-state index in [1.807, 2.05) is 18.2 Å². The Bertz CT molecular complexity index is 508. The van der Waals surface area contributed by atoms with E-state index in [-0.39, 0.29) is 5.78 Å². The zero-order valence-electron chi connectivity index (χ0n) is 13.2. The molecule has 1 saturated carbocycles. The van der Waals surface area contributed by atoms with Crippen molar-refractivity contribution in [2.24, 2.45) is 0 Å². The first kappa shape index (κ1) is 15.3. The number of rotatable bonds is 4. The molecule has 1 heterocycles. The third-order valence-electron chi connectivity index (χ3n) is 4.63. The van der Waals surface area contributed by atoms with E-state index < -0.39 is 0 Å². The Balaban J connectivity index is 1.55. The fraction of sp³-hybridized carbons (Fsp3) is 0.611. The van der Waals surface area contributed by atoms with Gasteiger partial charge in [-0.15, -0.1) is 0 Å². The van der Waals surface area contributed by atoms with Gasteiger partial charge in [-0.2, -0.15) is 0 Å². The molecular weight excluding hydrogens is 276 g/mol. The molecule has 0 spiro atoms. The van der Waals surface area contributed by atoms with Crippen LogP contribution in [-0.2, 0) is 0 Å². The van der Waals surface area contributed by atoms with Gasteiger partial charge in [0.05, 0.1) is 12.2 Å².